The van der Waals surface area contributed by atoms with Crippen molar-refractivity contribution in [1.29, 1.82) is 0 Å². The first-order chi connectivity index (χ1) is 11.7. The number of hydrogen-bond donors (Lipinski definition) is 1. The lowest BCUT2D eigenvalue weighted by Crippen LogP contribution is -2.42. The first kappa shape index (κ1) is 16.6. The molecule has 1 aliphatic rings. The lowest BCUT2D eigenvalue weighted by Gasteiger charge is -2.32. The third-order valence-electron chi connectivity index (χ3n) is 4.42. The van der Waals surface area contributed by atoms with Crippen LogP contribution in [0.3, 0.4) is 0 Å². The van der Waals surface area contributed by atoms with E-state index in [2.05, 4.69) is 20.4 Å². The van der Waals surface area contributed by atoms with Crippen molar-refractivity contribution in [2.24, 2.45) is 5.92 Å². The molecule has 0 aromatic carbocycles. The summed E-state index contributed by atoms with van der Waals surface area (Å²) in [6.45, 7) is 4.13. The first-order valence-electron chi connectivity index (χ1n) is 8.37. The van der Waals surface area contributed by atoms with Gasteiger partial charge in [-0.1, -0.05) is 18.1 Å². The lowest BCUT2D eigenvalue weighted by atomic mass is 9.95. The number of carbonyl (C=O) groups excluding carboxylic acids is 1. The Labute approximate surface area is 141 Å². The molecule has 1 atom stereocenters. The summed E-state index contributed by atoms with van der Waals surface area (Å²) in [7, 11) is 1.87. The molecular weight excluding hydrogens is 306 g/mol. The van der Waals surface area contributed by atoms with Gasteiger partial charge in [-0.05, 0) is 32.0 Å². The van der Waals surface area contributed by atoms with E-state index in [1.165, 1.54) is 0 Å². The number of aromatic nitrogens is 3. The molecule has 7 nitrogen and oxygen atoms in total. The Hall–Kier alpha value is -2.28. The molecule has 0 saturated carbocycles. The molecule has 1 unspecified atom stereocenters. The molecule has 1 saturated heterocycles. The second kappa shape index (κ2) is 7.53. The van der Waals surface area contributed by atoms with Gasteiger partial charge >= 0.3 is 0 Å². The molecule has 3 rings (SSSR count). The third kappa shape index (κ3) is 3.62. The molecule has 1 N–H and O–H groups in total. The standard InChI is InChI=1S/C17H23N5O2/c1-12(11-18-2)17(23)22-9-6-13(7-10-22)16-20-15(21-24-16)14-5-3-4-8-19-14/h3-5,8,12-13,18H,6-7,9-11H2,1-2H3. The van der Waals surface area contributed by atoms with Crippen LogP contribution in [-0.4, -0.2) is 52.6 Å². The minimum absolute atomic E-state index is 0.00529. The van der Waals surface area contributed by atoms with E-state index in [0.717, 1.165) is 25.9 Å². The molecule has 0 aliphatic carbocycles. The van der Waals surface area contributed by atoms with Crippen molar-refractivity contribution in [1.82, 2.24) is 25.3 Å². The van der Waals surface area contributed by atoms with Crippen LogP contribution in [0.2, 0.25) is 0 Å². The van der Waals surface area contributed by atoms with E-state index in [4.69, 9.17) is 4.52 Å². The molecule has 1 aliphatic heterocycles. The Morgan fingerprint density at radius 1 is 1.42 bits per heavy atom. The Bertz CT molecular complexity index is 665. The van der Waals surface area contributed by atoms with Crippen molar-refractivity contribution in [3.05, 3.63) is 30.3 Å². The molecule has 0 bridgehead atoms. The number of carbonyl (C=O) groups is 1. The maximum Gasteiger partial charge on any atom is 0.230 e. The van der Waals surface area contributed by atoms with E-state index in [1.807, 2.05) is 37.1 Å². The predicted octanol–water partition coefficient (Wildman–Crippen LogP) is 1.69. The first-order valence-corrected chi connectivity index (χ1v) is 8.37. The SMILES string of the molecule is CNCC(C)C(=O)N1CCC(c2nc(-c3ccccn3)no2)CC1. The number of piperidine rings is 1. The van der Waals surface area contributed by atoms with Gasteiger partial charge < -0.3 is 14.7 Å². The maximum absolute atomic E-state index is 12.3. The summed E-state index contributed by atoms with van der Waals surface area (Å²) in [5.74, 6) is 1.59. The third-order valence-corrected chi connectivity index (χ3v) is 4.42. The zero-order chi connectivity index (χ0) is 16.9. The van der Waals surface area contributed by atoms with Gasteiger partial charge in [0, 0.05) is 37.7 Å². The van der Waals surface area contributed by atoms with Gasteiger partial charge in [-0.2, -0.15) is 4.98 Å². The lowest BCUT2D eigenvalue weighted by molar-refractivity contribution is -0.136. The van der Waals surface area contributed by atoms with E-state index in [9.17, 15) is 4.79 Å². The summed E-state index contributed by atoms with van der Waals surface area (Å²) in [6.07, 6.45) is 3.41. The fourth-order valence-corrected chi connectivity index (χ4v) is 3.05. The molecule has 0 spiro atoms. The maximum atomic E-state index is 12.3. The van der Waals surface area contributed by atoms with Gasteiger partial charge in [0.2, 0.25) is 17.6 Å². The van der Waals surface area contributed by atoms with Crippen LogP contribution in [-0.2, 0) is 4.79 Å². The van der Waals surface area contributed by atoms with Gasteiger partial charge in [0.25, 0.3) is 0 Å². The smallest absolute Gasteiger partial charge is 0.230 e. The molecule has 24 heavy (non-hydrogen) atoms. The summed E-state index contributed by atoms with van der Waals surface area (Å²) < 4.78 is 5.43. The largest absolute Gasteiger partial charge is 0.342 e. The van der Waals surface area contributed by atoms with Crippen molar-refractivity contribution in [2.75, 3.05) is 26.7 Å². The number of nitrogens with zero attached hydrogens (tertiary/aromatic N) is 4. The van der Waals surface area contributed by atoms with Crippen LogP contribution in [0.15, 0.2) is 28.9 Å². The minimum atomic E-state index is 0.00529. The average molecular weight is 329 g/mol. The highest BCUT2D eigenvalue weighted by Gasteiger charge is 2.29. The Morgan fingerprint density at radius 3 is 2.88 bits per heavy atom. The van der Waals surface area contributed by atoms with Crippen molar-refractivity contribution < 1.29 is 9.32 Å². The van der Waals surface area contributed by atoms with Crippen LogP contribution < -0.4 is 5.32 Å². The molecule has 2 aromatic rings. The van der Waals surface area contributed by atoms with Gasteiger partial charge in [-0.25, -0.2) is 0 Å². The fraction of sp³-hybridized carbons (Fsp3) is 0.529. The summed E-state index contributed by atoms with van der Waals surface area (Å²) >= 11 is 0. The number of likely N-dealkylation sites (tertiary alicyclic amines) is 1. The molecule has 7 heteroatoms. The summed E-state index contributed by atoms with van der Waals surface area (Å²) in [5.41, 5.74) is 0.709. The zero-order valence-corrected chi connectivity index (χ0v) is 14.1. The van der Waals surface area contributed by atoms with Crippen LogP contribution in [0.5, 0.6) is 0 Å². The van der Waals surface area contributed by atoms with Gasteiger partial charge in [0.1, 0.15) is 5.69 Å². The van der Waals surface area contributed by atoms with Crippen molar-refractivity contribution in [3.63, 3.8) is 0 Å². The predicted molar refractivity (Wildman–Crippen MR) is 89.2 cm³/mol. The molecule has 2 aromatic heterocycles. The molecule has 1 fully saturated rings. The molecule has 3 heterocycles. The highest BCUT2D eigenvalue weighted by Crippen LogP contribution is 2.28. The molecule has 0 radical (unpaired) electrons. The Morgan fingerprint density at radius 2 is 2.21 bits per heavy atom. The number of hydrogen-bond acceptors (Lipinski definition) is 6. The summed E-state index contributed by atoms with van der Waals surface area (Å²) in [5, 5.41) is 7.08. The Balaban J connectivity index is 1.59. The number of amides is 1. The van der Waals surface area contributed by atoms with E-state index < -0.39 is 0 Å². The second-order valence-electron chi connectivity index (χ2n) is 6.23. The number of rotatable bonds is 5. The fourth-order valence-electron chi connectivity index (χ4n) is 3.05. The second-order valence-corrected chi connectivity index (χ2v) is 6.23. The normalized spacial score (nSPS) is 17.0. The molecule has 1 amide bonds. The monoisotopic (exact) mass is 329 g/mol. The van der Waals surface area contributed by atoms with Gasteiger partial charge in [-0.3, -0.25) is 9.78 Å². The van der Waals surface area contributed by atoms with E-state index in [1.54, 1.807) is 6.20 Å². The highest BCUT2D eigenvalue weighted by atomic mass is 16.5. The van der Waals surface area contributed by atoms with E-state index in [-0.39, 0.29) is 17.7 Å². The number of nitrogens with one attached hydrogen (secondary N) is 1. The topological polar surface area (TPSA) is 84.2 Å². The van der Waals surface area contributed by atoms with Gasteiger partial charge in [0.15, 0.2) is 0 Å². The molecular formula is C17H23N5O2. The quantitative estimate of drug-likeness (QED) is 0.899. The Kier molecular flexibility index (Phi) is 5.20. The van der Waals surface area contributed by atoms with Gasteiger partial charge in [0.05, 0.1) is 0 Å². The zero-order valence-electron chi connectivity index (χ0n) is 14.1. The van der Waals surface area contributed by atoms with Crippen molar-refractivity contribution in [3.8, 4) is 11.5 Å². The summed E-state index contributed by atoms with van der Waals surface area (Å²) in [4.78, 5) is 23.0. The highest BCUT2D eigenvalue weighted by molar-refractivity contribution is 5.78. The van der Waals surface area contributed by atoms with E-state index in [0.29, 0.717) is 24.0 Å². The van der Waals surface area contributed by atoms with Crippen LogP contribution in [0, 0.1) is 5.92 Å². The van der Waals surface area contributed by atoms with Crippen LogP contribution in [0.25, 0.3) is 11.5 Å². The van der Waals surface area contributed by atoms with Gasteiger partial charge in [-0.15, -0.1) is 0 Å². The van der Waals surface area contributed by atoms with Crippen molar-refractivity contribution >= 4 is 5.91 Å². The summed E-state index contributed by atoms with van der Waals surface area (Å²) in [6, 6.07) is 5.61. The van der Waals surface area contributed by atoms with Crippen LogP contribution in [0.1, 0.15) is 31.6 Å². The minimum Gasteiger partial charge on any atom is -0.342 e. The average Bonchev–Trinajstić information content (AvgIpc) is 3.12. The van der Waals surface area contributed by atoms with Crippen LogP contribution in [0.4, 0.5) is 0 Å². The van der Waals surface area contributed by atoms with E-state index >= 15 is 0 Å². The van der Waals surface area contributed by atoms with Crippen molar-refractivity contribution in [2.45, 2.75) is 25.7 Å². The van der Waals surface area contributed by atoms with Crippen LogP contribution >= 0.6 is 0 Å². The molecule has 128 valence electrons. The number of pyridine rings is 1.